The van der Waals surface area contributed by atoms with Crippen LogP contribution in [0, 0.1) is 17.7 Å². The van der Waals surface area contributed by atoms with Gasteiger partial charge in [-0.1, -0.05) is 60.7 Å². The molecule has 1 heterocycles. The summed E-state index contributed by atoms with van der Waals surface area (Å²) < 4.78 is 14.6. The molecule has 2 atom stereocenters. The second kappa shape index (κ2) is 5.88. The van der Waals surface area contributed by atoms with Gasteiger partial charge in [-0.25, -0.2) is 9.29 Å². The number of carbonyl (C=O) groups excluding carboxylic acids is 2. The first kappa shape index (κ1) is 18.0. The number of imide groups is 1. The SMILES string of the molecule is O=C1[C@H]2C3c4ccccc4C(C(=O)O)(c4ccccc43)[C@H]2C(=O)N1c1ccccc1F. The fourth-order valence-electron chi connectivity index (χ4n) is 6.01. The molecule has 2 bridgehead atoms. The van der Waals surface area contributed by atoms with Crippen LogP contribution in [0.5, 0.6) is 0 Å². The second-order valence-electron chi connectivity index (χ2n) is 8.23. The Labute approximate surface area is 176 Å². The number of anilines is 1. The molecule has 3 aromatic carbocycles. The first-order chi connectivity index (χ1) is 15.0. The average Bonchev–Trinajstić information content (AvgIpc) is 3.05. The number of aliphatic carboxylic acids is 1. The van der Waals surface area contributed by atoms with E-state index in [-0.39, 0.29) is 5.69 Å². The molecule has 31 heavy (non-hydrogen) atoms. The third kappa shape index (κ3) is 1.93. The van der Waals surface area contributed by atoms with Gasteiger partial charge in [0.05, 0.1) is 17.5 Å². The average molecular weight is 413 g/mol. The van der Waals surface area contributed by atoms with Gasteiger partial charge in [0, 0.05) is 5.92 Å². The first-order valence-electron chi connectivity index (χ1n) is 10.0. The number of carboxylic acid groups (broad SMARTS) is 1. The summed E-state index contributed by atoms with van der Waals surface area (Å²) in [4.78, 5) is 41.2. The molecule has 0 unspecified atom stereocenters. The van der Waals surface area contributed by atoms with Crippen molar-refractivity contribution in [2.24, 2.45) is 11.8 Å². The minimum absolute atomic E-state index is 0.139. The summed E-state index contributed by atoms with van der Waals surface area (Å²) in [7, 11) is 0. The van der Waals surface area contributed by atoms with Gasteiger partial charge >= 0.3 is 5.97 Å². The number of rotatable bonds is 2. The molecule has 0 saturated carbocycles. The highest BCUT2D eigenvalue weighted by Crippen LogP contribution is 2.64. The second-order valence-corrected chi connectivity index (χ2v) is 8.23. The zero-order chi connectivity index (χ0) is 21.5. The maximum absolute atomic E-state index is 14.6. The Morgan fingerprint density at radius 2 is 1.39 bits per heavy atom. The topological polar surface area (TPSA) is 74.7 Å². The van der Waals surface area contributed by atoms with Gasteiger partial charge in [0.15, 0.2) is 0 Å². The van der Waals surface area contributed by atoms with Crippen molar-refractivity contribution in [1.29, 1.82) is 0 Å². The number of para-hydroxylation sites is 1. The lowest BCUT2D eigenvalue weighted by Gasteiger charge is -2.51. The summed E-state index contributed by atoms with van der Waals surface area (Å²) in [5, 5.41) is 10.6. The molecule has 1 saturated heterocycles. The molecule has 1 N–H and O–H groups in total. The van der Waals surface area contributed by atoms with E-state index in [0.717, 1.165) is 16.0 Å². The van der Waals surface area contributed by atoms with Crippen LogP contribution in [0.2, 0.25) is 0 Å². The molecule has 1 fully saturated rings. The molecule has 1 aliphatic heterocycles. The predicted octanol–water partition coefficient (Wildman–Crippen LogP) is 3.46. The normalized spacial score (nSPS) is 27.6. The van der Waals surface area contributed by atoms with E-state index in [1.54, 1.807) is 30.3 Å². The molecule has 7 rings (SSSR count). The van der Waals surface area contributed by atoms with Crippen LogP contribution in [-0.2, 0) is 19.8 Å². The summed E-state index contributed by atoms with van der Waals surface area (Å²) >= 11 is 0. The van der Waals surface area contributed by atoms with Crippen LogP contribution >= 0.6 is 0 Å². The maximum atomic E-state index is 14.6. The number of carboxylic acids is 1. The number of halogens is 1. The van der Waals surface area contributed by atoms with E-state index in [2.05, 4.69) is 0 Å². The minimum Gasteiger partial charge on any atom is -0.480 e. The minimum atomic E-state index is -1.71. The van der Waals surface area contributed by atoms with Crippen LogP contribution in [-0.4, -0.2) is 22.9 Å². The summed E-state index contributed by atoms with van der Waals surface area (Å²) in [6, 6.07) is 19.8. The molecule has 2 amide bonds. The van der Waals surface area contributed by atoms with Crippen LogP contribution in [0.3, 0.4) is 0 Å². The molecule has 4 aliphatic rings. The highest BCUT2D eigenvalue weighted by molar-refractivity contribution is 6.25. The molecule has 5 nitrogen and oxygen atoms in total. The van der Waals surface area contributed by atoms with Crippen LogP contribution in [0.25, 0.3) is 0 Å². The molecular formula is C25H16FNO4. The van der Waals surface area contributed by atoms with Gasteiger partial charge in [0.1, 0.15) is 11.2 Å². The van der Waals surface area contributed by atoms with Gasteiger partial charge in [-0.3, -0.25) is 14.4 Å². The van der Waals surface area contributed by atoms with Crippen LogP contribution in [0.1, 0.15) is 28.2 Å². The Kier molecular flexibility index (Phi) is 3.41. The highest BCUT2D eigenvalue weighted by atomic mass is 19.1. The van der Waals surface area contributed by atoms with E-state index >= 15 is 0 Å². The highest BCUT2D eigenvalue weighted by Gasteiger charge is 2.71. The molecule has 3 aromatic rings. The van der Waals surface area contributed by atoms with Crippen molar-refractivity contribution in [1.82, 2.24) is 0 Å². The monoisotopic (exact) mass is 413 g/mol. The van der Waals surface area contributed by atoms with Gasteiger partial charge in [-0.2, -0.15) is 0 Å². The Morgan fingerprint density at radius 1 is 0.839 bits per heavy atom. The van der Waals surface area contributed by atoms with Gasteiger partial charge in [0.25, 0.3) is 0 Å². The number of nitrogens with zero attached hydrogens (tertiary/aromatic N) is 1. The lowest BCUT2D eigenvalue weighted by atomic mass is 9.47. The lowest BCUT2D eigenvalue weighted by molar-refractivity contribution is -0.149. The van der Waals surface area contributed by atoms with E-state index in [1.807, 2.05) is 24.3 Å². The molecular weight excluding hydrogens is 397 g/mol. The number of hydrogen-bond donors (Lipinski definition) is 1. The quantitative estimate of drug-likeness (QED) is 0.653. The van der Waals surface area contributed by atoms with Crippen molar-refractivity contribution in [3.63, 3.8) is 0 Å². The van der Waals surface area contributed by atoms with Crippen molar-refractivity contribution in [3.05, 3.63) is 101 Å². The number of carbonyl (C=O) groups is 3. The number of amides is 2. The van der Waals surface area contributed by atoms with Gasteiger partial charge < -0.3 is 5.11 Å². The zero-order valence-corrected chi connectivity index (χ0v) is 16.2. The Morgan fingerprint density at radius 3 is 1.97 bits per heavy atom. The third-order valence-electron chi connectivity index (χ3n) is 7.05. The lowest BCUT2D eigenvalue weighted by Crippen LogP contribution is -2.57. The fourth-order valence-corrected chi connectivity index (χ4v) is 6.01. The number of benzene rings is 3. The molecule has 6 heteroatoms. The van der Waals surface area contributed by atoms with Crippen molar-refractivity contribution in [2.75, 3.05) is 4.90 Å². The van der Waals surface area contributed by atoms with E-state index in [9.17, 15) is 23.9 Å². The summed E-state index contributed by atoms with van der Waals surface area (Å²) in [5.74, 6) is -5.63. The Balaban J connectivity index is 1.69. The zero-order valence-electron chi connectivity index (χ0n) is 16.2. The van der Waals surface area contributed by atoms with E-state index in [4.69, 9.17) is 0 Å². The fraction of sp³-hybridized carbons (Fsp3) is 0.160. The largest absolute Gasteiger partial charge is 0.480 e. The summed E-state index contributed by atoms with van der Waals surface area (Å²) in [6.45, 7) is 0. The smallest absolute Gasteiger partial charge is 0.319 e. The Hall–Kier alpha value is -3.80. The molecule has 0 aromatic heterocycles. The van der Waals surface area contributed by atoms with E-state index in [1.165, 1.54) is 18.2 Å². The maximum Gasteiger partial charge on any atom is 0.319 e. The van der Waals surface area contributed by atoms with Crippen LogP contribution in [0.4, 0.5) is 10.1 Å². The van der Waals surface area contributed by atoms with Gasteiger partial charge in [0.2, 0.25) is 11.8 Å². The van der Waals surface area contributed by atoms with Crippen molar-refractivity contribution < 1.29 is 23.9 Å². The van der Waals surface area contributed by atoms with Crippen LogP contribution in [0.15, 0.2) is 72.8 Å². The predicted molar refractivity (Wildman–Crippen MR) is 109 cm³/mol. The third-order valence-corrected chi connectivity index (χ3v) is 7.05. The summed E-state index contributed by atoms with van der Waals surface area (Å²) in [5.41, 5.74) is 0.690. The molecule has 152 valence electrons. The Bertz CT molecular complexity index is 1270. The molecule has 3 aliphatic carbocycles. The standard InChI is InChI=1S/C25H16FNO4/c26-17-11-5-6-12-18(17)27-22(28)20-19-13-7-1-3-9-15(13)25(24(30)31,21(20)23(27)29)16-10-4-2-8-14(16)19/h1-12,19-21H,(H,30,31)/t19?,20-,21+,25?/m0/s1. The van der Waals surface area contributed by atoms with E-state index in [0.29, 0.717) is 11.1 Å². The van der Waals surface area contributed by atoms with Gasteiger partial charge in [-0.05, 0) is 34.4 Å². The summed E-state index contributed by atoms with van der Waals surface area (Å²) in [6.07, 6.45) is 0. The molecule has 0 spiro atoms. The van der Waals surface area contributed by atoms with Gasteiger partial charge in [-0.15, -0.1) is 0 Å². The first-order valence-corrected chi connectivity index (χ1v) is 10.0. The number of hydrogen-bond acceptors (Lipinski definition) is 3. The molecule has 0 radical (unpaired) electrons. The van der Waals surface area contributed by atoms with Crippen molar-refractivity contribution in [3.8, 4) is 0 Å². The van der Waals surface area contributed by atoms with Crippen molar-refractivity contribution >= 4 is 23.5 Å². The van der Waals surface area contributed by atoms with Crippen molar-refractivity contribution in [2.45, 2.75) is 11.3 Å². The van der Waals surface area contributed by atoms with Crippen LogP contribution < -0.4 is 4.90 Å². The van der Waals surface area contributed by atoms with E-state index < -0.39 is 46.8 Å².